The van der Waals surface area contributed by atoms with E-state index in [-0.39, 0.29) is 0 Å². The Bertz CT molecular complexity index is 1060. The fraction of sp³-hybridized carbons (Fsp3) is 0.400. The lowest BCUT2D eigenvalue weighted by Crippen LogP contribution is -2.38. The molecule has 1 fully saturated rings. The van der Waals surface area contributed by atoms with Gasteiger partial charge in [-0.3, -0.25) is 5.10 Å². The van der Waals surface area contributed by atoms with E-state index in [2.05, 4.69) is 54.2 Å². The maximum absolute atomic E-state index is 6.18. The van der Waals surface area contributed by atoms with Crippen LogP contribution in [0.3, 0.4) is 0 Å². The molecule has 0 radical (unpaired) electrons. The van der Waals surface area contributed by atoms with E-state index >= 15 is 0 Å². The minimum absolute atomic E-state index is 0.528. The predicted molar refractivity (Wildman–Crippen MR) is 120 cm³/mol. The fourth-order valence-electron chi connectivity index (χ4n) is 4.70. The summed E-state index contributed by atoms with van der Waals surface area (Å²) in [6, 6.07) is 12.6. The van der Waals surface area contributed by atoms with E-state index in [1.54, 1.807) is 0 Å². The van der Waals surface area contributed by atoms with Gasteiger partial charge in [-0.25, -0.2) is 0 Å². The summed E-state index contributed by atoms with van der Waals surface area (Å²) in [4.78, 5) is 2.47. The first-order valence-electron chi connectivity index (χ1n) is 10.9. The molecule has 2 aromatic carbocycles. The van der Waals surface area contributed by atoms with Gasteiger partial charge in [0.1, 0.15) is 12.3 Å². The second kappa shape index (κ2) is 7.71. The second-order valence-corrected chi connectivity index (χ2v) is 8.41. The van der Waals surface area contributed by atoms with E-state index in [9.17, 15) is 0 Å². The number of ether oxygens (including phenoxy) is 2. The molecule has 0 saturated carbocycles. The summed E-state index contributed by atoms with van der Waals surface area (Å²) in [6.45, 7) is 9.60. The van der Waals surface area contributed by atoms with Crippen LogP contribution in [0.1, 0.15) is 48.1 Å². The smallest absolute Gasteiger partial charge is 0.161 e. The van der Waals surface area contributed by atoms with Crippen molar-refractivity contribution in [3.63, 3.8) is 0 Å². The second-order valence-electron chi connectivity index (χ2n) is 8.41. The van der Waals surface area contributed by atoms with Crippen molar-refractivity contribution in [2.24, 2.45) is 0 Å². The third-order valence-electron chi connectivity index (χ3n) is 6.39. The first-order valence-corrected chi connectivity index (χ1v) is 10.9. The van der Waals surface area contributed by atoms with Crippen LogP contribution in [0, 0.1) is 13.8 Å². The Balaban J connectivity index is 1.44. The summed E-state index contributed by atoms with van der Waals surface area (Å²) >= 11 is 0. The maximum Gasteiger partial charge on any atom is 0.161 e. The van der Waals surface area contributed by atoms with Crippen LogP contribution in [0.25, 0.3) is 11.3 Å². The molecule has 0 spiro atoms. The van der Waals surface area contributed by atoms with Crippen molar-refractivity contribution in [2.75, 3.05) is 24.6 Å². The average Bonchev–Trinajstić information content (AvgIpc) is 3.24. The third-order valence-corrected chi connectivity index (χ3v) is 6.39. The van der Waals surface area contributed by atoms with Gasteiger partial charge in [-0.1, -0.05) is 23.8 Å². The number of hydrogen-bond acceptors (Lipinski definition) is 4. The highest BCUT2D eigenvalue weighted by Gasteiger charge is 2.35. The number of aromatic nitrogens is 2. The van der Waals surface area contributed by atoms with Crippen molar-refractivity contribution >= 4 is 5.69 Å². The van der Waals surface area contributed by atoms with E-state index in [1.807, 2.05) is 13.0 Å². The molecule has 3 aliphatic heterocycles. The molecule has 4 heterocycles. The molecule has 156 valence electrons. The van der Waals surface area contributed by atoms with Gasteiger partial charge in [0.05, 0.1) is 18.0 Å². The average molecular weight is 404 g/mol. The largest absolute Gasteiger partial charge is 0.490 e. The van der Waals surface area contributed by atoms with Crippen molar-refractivity contribution in [1.82, 2.24) is 10.2 Å². The highest BCUT2D eigenvalue weighted by Crippen LogP contribution is 2.46. The minimum Gasteiger partial charge on any atom is -0.490 e. The summed E-state index contributed by atoms with van der Waals surface area (Å²) in [7, 11) is 0. The Morgan fingerprint density at radius 3 is 2.67 bits per heavy atom. The zero-order valence-electron chi connectivity index (χ0n) is 18.0. The Morgan fingerprint density at radius 1 is 1.03 bits per heavy atom. The number of fused-ring (bicyclic) bond motifs is 2. The lowest BCUT2D eigenvalue weighted by atomic mass is 9.86. The Kier molecular flexibility index (Phi) is 4.89. The number of aromatic amines is 1. The molecule has 2 bridgehead atoms. The van der Waals surface area contributed by atoms with Crippen molar-refractivity contribution in [3.8, 4) is 22.8 Å². The molecule has 6 rings (SSSR count). The molecule has 5 heteroatoms. The van der Waals surface area contributed by atoms with Gasteiger partial charge in [-0.15, -0.1) is 0 Å². The van der Waals surface area contributed by atoms with Crippen LogP contribution >= 0.6 is 0 Å². The number of rotatable bonds is 6. The van der Waals surface area contributed by atoms with Crippen LogP contribution in [-0.2, 0) is 6.61 Å². The number of aryl methyl sites for hydroxylation is 2. The number of hydrogen-bond donors (Lipinski definition) is 1. The van der Waals surface area contributed by atoms with Gasteiger partial charge >= 0.3 is 0 Å². The van der Waals surface area contributed by atoms with Crippen LogP contribution < -0.4 is 14.4 Å². The molecule has 0 unspecified atom stereocenters. The number of nitrogens with zero attached hydrogens (tertiary/aromatic N) is 2. The summed E-state index contributed by atoms with van der Waals surface area (Å²) in [5, 5.41) is 8.01. The zero-order valence-corrected chi connectivity index (χ0v) is 18.0. The van der Waals surface area contributed by atoms with Crippen molar-refractivity contribution in [3.05, 3.63) is 58.8 Å². The molecule has 30 heavy (non-hydrogen) atoms. The van der Waals surface area contributed by atoms with E-state index < -0.39 is 0 Å². The van der Waals surface area contributed by atoms with E-state index in [1.165, 1.54) is 40.9 Å². The number of H-pyrrole nitrogens is 1. The fourth-order valence-corrected chi connectivity index (χ4v) is 4.70. The Morgan fingerprint density at radius 2 is 1.87 bits per heavy atom. The summed E-state index contributed by atoms with van der Waals surface area (Å²) in [5.74, 6) is 2.17. The number of benzene rings is 2. The lowest BCUT2D eigenvalue weighted by Gasteiger charge is -2.40. The number of anilines is 1. The summed E-state index contributed by atoms with van der Waals surface area (Å²) in [5.41, 5.74) is 8.36. The van der Waals surface area contributed by atoms with Gasteiger partial charge in [-0.05, 0) is 62.9 Å². The van der Waals surface area contributed by atoms with Gasteiger partial charge in [-0.2, -0.15) is 5.10 Å². The molecule has 0 aliphatic carbocycles. The normalized spacial score (nSPS) is 15.4. The molecule has 0 amide bonds. The quantitative estimate of drug-likeness (QED) is 0.601. The first kappa shape index (κ1) is 19.0. The maximum atomic E-state index is 6.18. The molecular weight excluding hydrogens is 374 g/mol. The van der Waals surface area contributed by atoms with Crippen LogP contribution in [0.5, 0.6) is 11.5 Å². The summed E-state index contributed by atoms with van der Waals surface area (Å²) in [6.07, 6.45) is 2.45. The highest BCUT2D eigenvalue weighted by atomic mass is 16.5. The monoisotopic (exact) mass is 403 g/mol. The van der Waals surface area contributed by atoms with Crippen LogP contribution in [0.4, 0.5) is 5.69 Å². The molecule has 1 N–H and O–H groups in total. The van der Waals surface area contributed by atoms with E-state index in [0.717, 1.165) is 35.8 Å². The van der Waals surface area contributed by atoms with Crippen LogP contribution in [-0.4, -0.2) is 29.9 Å². The van der Waals surface area contributed by atoms with E-state index in [4.69, 9.17) is 14.6 Å². The van der Waals surface area contributed by atoms with Crippen molar-refractivity contribution in [2.45, 2.75) is 46.1 Å². The van der Waals surface area contributed by atoms with Crippen molar-refractivity contribution in [1.29, 1.82) is 0 Å². The molecule has 1 saturated heterocycles. The van der Waals surface area contributed by atoms with Crippen LogP contribution in [0.15, 0.2) is 36.4 Å². The molecule has 0 atom stereocenters. The van der Waals surface area contributed by atoms with Gasteiger partial charge in [0.15, 0.2) is 11.5 Å². The van der Waals surface area contributed by atoms with Gasteiger partial charge in [0, 0.05) is 24.6 Å². The van der Waals surface area contributed by atoms with Gasteiger partial charge in [0.25, 0.3) is 0 Å². The molecule has 3 aliphatic rings. The molecular formula is C25H29N3O2. The highest BCUT2D eigenvalue weighted by molar-refractivity contribution is 5.80. The molecule has 5 nitrogen and oxygen atoms in total. The van der Waals surface area contributed by atoms with Gasteiger partial charge in [0.2, 0.25) is 0 Å². The number of piperidine rings is 1. The number of nitrogens with one attached hydrogen (secondary N) is 1. The summed E-state index contributed by atoms with van der Waals surface area (Å²) < 4.78 is 12.1. The van der Waals surface area contributed by atoms with Crippen molar-refractivity contribution < 1.29 is 9.47 Å². The topological polar surface area (TPSA) is 50.4 Å². The standard InChI is InChI=1S/C25H29N3O2/c1-4-29-22-14-19(24-25-23(26-27-24)18-9-11-28(25)12-10-18)7-8-21(22)30-15-20-13-16(2)5-6-17(20)3/h5-8,13-14,18H,4,9-12,15H2,1-3H3,(H,26,27). The molecule has 3 aromatic rings. The Hall–Kier alpha value is -2.95. The van der Waals surface area contributed by atoms with E-state index in [0.29, 0.717) is 19.1 Å². The predicted octanol–water partition coefficient (Wildman–Crippen LogP) is 5.37. The third kappa shape index (κ3) is 3.32. The SMILES string of the molecule is CCOc1cc(-c2n[nH]c3c2N2CCC3CC2)ccc1OCc1cc(C)ccc1C. The van der Waals surface area contributed by atoms with Gasteiger partial charge < -0.3 is 14.4 Å². The first-order chi connectivity index (χ1) is 14.6. The molecule has 1 aromatic heterocycles. The Labute approximate surface area is 178 Å². The van der Waals surface area contributed by atoms with Crippen LogP contribution in [0.2, 0.25) is 0 Å². The minimum atomic E-state index is 0.528. The zero-order chi connectivity index (χ0) is 20.7. The lowest BCUT2D eigenvalue weighted by molar-refractivity contribution is 0.269.